The summed E-state index contributed by atoms with van der Waals surface area (Å²) in [4.78, 5) is 12.7. The summed E-state index contributed by atoms with van der Waals surface area (Å²) in [6, 6.07) is 11.1. The van der Waals surface area contributed by atoms with E-state index in [4.69, 9.17) is 9.47 Å². The van der Waals surface area contributed by atoms with Crippen molar-refractivity contribution in [1.29, 1.82) is 0 Å². The average Bonchev–Trinajstić information content (AvgIpc) is 2.70. The second-order valence-electron chi connectivity index (χ2n) is 7.72. The van der Waals surface area contributed by atoms with Crippen molar-refractivity contribution < 1.29 is 27.1 Å². The van der Waals surface area contributed by atoms with Crippen molar-refractivity contribution in [3.8, 4) is 11.5 Å². The molecule has 1 saturated heterocycles. The highest BCUT2D eigenvalue weighted by Crippen LogP contribution is 2.41. The molecule has 0 bridgehead atoms. The first-order valence-electron chi connectivity index (χ1n) is 10.0. The van der Waals surface area contributed by atoms with Crippen molar-refractivity contribution in [2.24, 2.45) is 0 Å². The Hall–Kier alpha value is -2.45. The van der Waals surface area contributed by atoms with Crippen LogP contribution in [0.3, 0.4) is 0 Å². The van der Waals surface area contributed by atoms with Gasteiger partial charge >= 0.3 is 0 Å². The monoisotopic (exact) mass is 433 g/mol. The van der Waals surface area contributed by atoms with E-state index in [-0.39, 0.29) is 36.6 Å². The third-order valence-electron chi connectivity index (χ3n) is 5.70. The fraction of sp³-hybridized carbons (Fsp3) is 0.409. The molecule has 6 nitrogen and oxygen atoms in total. The van der Waals surface area contributed by atoms with Crippen molar-refractivity contribution in [2.75, 3.05) is 19.7 Å². The standard InChI is InChI=1S/C22H24FNO5S/c1-2-28-17-7-8-18-20(25)14-22(29-21(18)13-17)9-11-24(12-10-22)30(26,27)15-16-5-3-4-6-19(16)23/h3-8,13H,2,9-12,14-15H2,1H3. The number of benzene rings is 2. The van der Waals surface area contributed by atoms with E-state index in [1.165, 1.54) is 22.5 Å². The molecule has 2 aliphatic heterocycles. The predicted molar refractivity (Wildman–Crippen MR) is 110 cm³/mol. The van der Waals surface area contributed by atoms with Gasteiger partial charge in [0.15, 0.2) is 5.78 Å². The number of ether oxygens (including phenoxy) is 2. The van der Waals surface area contributed by atoms with Gasteiger partial charge in [0.05, 0.1) is 24.3 Å². The van der Waals surface area contributed by atoms with Crippen LogP contribution in [0.4, 0.5) is 4.39 Å². The van der Waals surface area contributed by atoms with E-state index in [9.17, 15) is 17.6 Å². The van der Waals surface area contributed by atoms with Gasteiger partial charge in [0.1, 0.15) is 22.9 Å². The maximum absolute atomic E-state index is 13.9. The SMILES string of the molecule is CCOc1ccc2c(c1)OC1(CCN(S(=O)(=O)Cc3ccccc3F)CC1)CC2=O. The molecule has 0 unspecified atom stereocenters. The number of carbonyl (C=O) groups is 1. The smallest absolute Gasteiger partial charge is 0.218 e. The Morgan fingerprint density at radius 2 is 1.90 bits per heavy atom. The zero-order chi connectivity index (χ0) is 21.4. The zero-order valence-electron chi connectivity index (χ0n) is 16.8. The van der Waals surface area contributed by atoms with Crippen LogP contribution in [0, 0.1) is 5.82 Å². The Kier molecular flexibility index (Phi) is 5.55. The Balaban J connectivity index is 1.48. The summed E-state index contributed by atoms with van der Waals surface area (Å²) in [6.07, 6.45) is 1.01. The Morgan fingerprint density at radius 3 is 2.60 bits per heavy atom. The summed E-state index contributed by atoms with van der Waals surface area (Å²) in [5.41, 5.74) is -0.0446. The molecule has 0 radical (unpaired) electrons. The van der Waals surface area contributed by atoms with Crippen LogP contribution in [0.2, 0.25) is 0 Å². The number of hydrogen-bond donors (Lipinski definition) is 0. The predicted octanol–water partition coefficient (Wildman–Crippen LogP) is 3.55. The molecule has 2 aromatic rings. The van der Waals surface area contributed by atoms with Crippen LogP contribution < -0.4 is 9.47 Å². The van der Waals surface area contributed by atoms with Crippen LogP contribution in [0.25, 0.3) is 0 Å². The molecule has 4 rings (SSSR count). The lowest BCUT2D eigenvalue weighted by Crippen LogP contribution is -2.52. The molecule has 2 aromatic carbocycles. The van der Waals surface area contributed by atoms with E-state index < -0.39 is 21.4 Å². The van der Waals surface area contributed by atoms with Crippen LogP contribution in [0.1, 0.15) is 42.1 Å². The lowest BCUT2D eigenvalue weighted by atomic mass is 9.83. The van der Waals surface area contributed by atoms with E-state index in [1.807, 2.05) is 6.92 Å². The Labute approximate surface area is 175 Å². The highest BCUT2D eigenvalue weighted by atomic mass is 32.2. The molecule has 0 atom stereocenters. The van der Waals surface area contributed by atoms with Crippen LogP contribution in [0.5, 0.6) is 11.5 Å². The van der Waals surface area contributed by atoms with Crippen molar-refractivity contribution in [3.63, 3.8) is 0 Å². The second kappa shape index (κ2) is 8.00. The molecule has 2 heterocycles. The molecule has 2 aliphatic rings. The van der Waals surface area contributed by atoms with Crippen LogP contribution in [-0.2, 0) is 15.8 Å². The zero-order valence-corrected chi connectivity index (χ0v) is 17.6. The Bertz CT molecular complexity index is 1060. The highest BCUT2D eigenvalue weighted by molar-refractivity contribution is 7.88. The third kappa shape index (κ3) is 4.06. The van der Waals surface area contributed by atoms with Gasteiger partial charge in [-0.15, -0.1) is 0 Å². The molecule has 0 aliphatic carbocycles. The van der Waals surface area contributed by atoms with Gasteiger partial charge in [-0.05, 0) is 25.1 Å². The first kappa shape index (κ1) is 20.8. The van der Waals surface area contributed by atoms with Gasteiger partial charge in [-0.1, -0.05) is 18.2 Å². The van der Waals surface area contributed by atoms with Crippen molar-refractivity contribution in [2.45, 2.75) is 37.5 Å². The quantitative estimate of drug-likeness (QED) is 0.721. The van der Waals surface area contributed by atoms with Gasteiger partial charge in [-0.2, -0.15) is 0 Å². The van der Waals surface area contributed by atoms with E-state index in [0.717, 1.165) is 0 Å². The number of Topliss-reactive ketones (excluding diaryl/α,β-unsaturated/α-hetero) is 1. The fourth-order valence-electron chi connectivity index (χ4n) is 4.09. The lowest BCUT2D eigenvalue weighted by Gasteiger charge is -2.43. The molecular weight excluding hydrogens is 409 g/mol. The van der Waals surface area contributed by atoms with Gasteiger partial charge in [-0.25, -0.2) is 17.1 Å². The summed E-state index contributed by atoms with van der Waals surface area (Å²) in [6.45, 7) is 2.84. The molecule has 30 heavy (non-hydrogen) atoms. The molecule has 0 aromatic heterocycles. The normalized spacial score (nSPS) is 18.7. The van der Waals surface area contributed by atoms with Crippen molar-refractivity contribution >= 4 is 15.8 Å². The lowest BCUT2D eigenvalue weighted by molar-refractivity contribution is 0.00573. The maximum atomic E-state index is 13.9. The summed E-state index contributed by atoms with van der Waals surface area (Å²) in [5.74, 6) is 0.192. The number of nitrogens with zero attached hydrogens (tertiary/aromatic N) is 1. The molecule has 160 valence electrons. The summed E-state index contributed by atoms with van der Waals surface area (Å²) in [7, 11) is -3.67. The molecule has 1 fully saturated rings. The number of fused-ring (bicyclic) bond motifs is 1. The summed E-state index contributed by atoms with van der Waals surface area (Å²) < 4.78 is 52.6. The van der Waals surface area contributed by atoms with Gasteiger partial charge in [0.2, 0.25) is 10.0 Å². The number of rotatable bonds is 5. The number of sulfonamides is 1. The molecule has 8 heteroatoms. The van der Waals surface area contributed by atoms with Gasteiger partial charge in [0.25, 0.3) is 0 Å². The number of piperidine rings is 1. The van der Waals surface area contributed by atoms with Gasteiger partial charge in [0, 0.05) is 37.6 Å². The molecule has 1 spiro atoms. The minimum Gasteiger partial charge on any atom is -0.494 e. The third-order valence-corrected chi connectivity index (χ3v) is 7.52. The minimum absolute atomic E-state index is 0.0121. The van der Waals surface area contributed by atoms with E-state index in [2.05, 4.69) is 0 Å². The average molecular weight is 434 g/mol. The highest BCUT2D eigenvalue weighted by Gasteiger charge is 2.45. The van der Waals surface area contributed by atoms with Crippen molar-refractivity contribution in [1.82, 2.24) is 4.31 Å². The second-order valence-corrected chi connectivity index (χ2v) is 9.69. The van der Waals surface area contributed by atoms with E-state index in [1.54, 1.807) is 24.3 Å². The number of ketones is 1. The van der Waals surface area contributed by atoms with Gasteiger partial charge < -0.3 is 9.47 Å². The molecular formula is C22H24FNO5S. The molecule has 0 saturated carbocycles. The largest absolute Gasteiger partial charge is 0.494 e. The van der Waals surface area contributed by atoms with Gasteiger partial charge in [-0.3, -0.25) is 4.79 Å². The summed E-state index contributed by atoms with van der Waals surface area (Å²) >= 11 is 0. The van der Waals surface area contributed by atoms with Crippen LogP contribution >= 0.6 is 0 Å². The fourth-order valence-corrected chi connectivity index (χ4v) is 5.63. The number of halogens is 1. The van der Waals surface area contributed by atoms with E-state index >= 15 is 0 Å². The first-order valence-corrected chi connectivity index (χ1v) is 11.6. The van der Waals surface area contributed by atoms with Crippen LogP contribution in [-0.4, -0.2) is 43.8 Å². The van der Waals surface area contributed by atoms with Crippen LogP contribution in [0.15, 0.2) is 42.5 Å². The minimum atomic E-state index is -3.67. The van der Waals surface area contributed by atoms with E-state index in [0.29, 0.717) is 36.5 Å². The first-order chi connectivity index (χ1) is 14.3. The topological polar surface area (TPSA) is 72.9 Å². The van der Waals surface area contributed by atoms with Crippen molar-refractivity contribution in [3.05, 3.63) is 59.4 Å². The Morgan fingerprint density at radius 1 is 1.17 bits per heavy atom. The molecule has 0 N–H and O–H groups in total. The maximum Gasteiger partial charge on any atom is 0.218 e. The number of carbonyl (C=O) groups excluding carboxylic acids is 1. The summed E-state index contributed by atoms with van der Waals surface area (Å²) in [5, 5.41) is 0. The molecule has 0 amide bonds. The number of hydrogen-bond acceptors (Lipinski definition) is 5.